The Bertz CT molecular complexity index is 813. The summed E-state index contributed by atoms with van der Waals surface area (Å²) in [5, 5.41) is 16.3. The summed E-state index contributed by atoms with van der Waals surface area (Å²) in [6.07, 6.45) is 0.517. The van der Waals surface area contributed by atoms with Crippen molar-refractivity contribution in [3.63, 3.8) is 0 Å². The zero-order chi connectivity index (χ0) is 18.0. The van der Waals surface area contributed by atoms with Crippen LogP contribution in [-0.2, 0) is 29.6 Å². The van der Waals surface area contributed by atoms with Crippen molar-refractivity contribution in [3.05, 3.63) is 52.3 Å². The zero-order valence-corrected chi connectivity index (χ0v) is 14.3. The van der Waals surface area contributed by atoms with Gasteiger partial charge in [-0.25, -0.2) is 0 Å². The highest BCUT2D eigenvalue weighted by molar-refractivity contribution is 5.94. The van der Waals surface area contributed by atoms with Crippen molar-refractivity contribution in [3.8, 4) is 0 Å². The van der Waals surface area contributed by atoms with E-state index in [1.54, 1.807) is 11.7 Å². The Labute approximate surface area is 145 Å². The van der Waals surface area contributed by atoms with Crippen molar-refractivity contribution in [1.82, 2.24) is 15.1 Å². The molecule has 0 spiro atoms. The lowest BCUT2D eigenvalue weighted by atomic mass is 10.0. The molecule has 1 aromatic heterocycles. The van der Waals surface area contributed by atoms with Crippen molar-refractivity contribution >= 4 is 11.9 Å². The zero-order valence-electron chi connectivity index (χ0n) is 14.3. The Morgan fingerprint density at radius 3 is 2.96 bits per heavy atom. The van der Waals surface area contributed by atoms with E-state index in [2.05, 4.69) is 10.4 Å². The summed E-state index contributed by atoms with van der Waals surface area (Å²) in [5.41, 5.74) is 3.84. The number of rotatable bonds is 5. The van der Waals surface area contributed by atoms with Crippen LogP contribution in [0, 0.1) is 6.92 Å². The number of aryl methyl sites for hydroxylation is 2. The predicted octanol–water partition coefficient (Wildman–Crippen LogP) is 1.75. The van der Waals surface area contributed by atoms with Crippen molar-refractivity contribution in [2.24, 2.45) is 7.05 Å². The first-order valence-electron chi connectivity index (χ1n) is 8.17. The van der Waals surface area contributed by atoms with E-state index < -0.39 is 12.0 Å². The molecule has 1 aromatic carbocycles. The van der Waals surface area contributed by atoms with Crippen molar-refractivity contribution < 1.29 is 19.4 Å². The molecule has 7 nitrogen and oxygen atoms in total. The van der Waals surface area contributed by atoms with Gasteiger partial charge in [-0.15, -0.1) is 0 Å². The lowest BCUT2D eigenvalue weighted by molar-refractivity contribution is -0.137. The highest BCUT2D eigenvalue weighted by Crippen LogP contribution is 2.23. The number of carbonyl (C=O) groups is 2. The minimum Gasteiger partial charge on any atom is -0.481 e. The fourth-order valence-corrected chi connectivity index (χ4v) is 3.13. The first-order valence-corrected chi connectivity index (χ1v) is 8.17. The van der Waals surface area contributed by atoms with Crippen LogP contribution in [0.4, 0.5) is 0 Å². The molecule has 132 valence electrons. The molecular formula is C18H21N3O4. The molecule has 0 radical (unpaired) electrons. The van der Waals surface area contributed by atoms with E-state index in [-0.39, 0.29) is 12.3 Å². The molecule has 1 aliphatic heterocycles. The summed E-state index contributed by atoms with van der Waals surface area (Å²) < 4.78 is 7.14. The Balaban J connectivity index is 1.87. The molecule has 0 saturated heterocycles. The summed E-state index contributed by atoms with van der Waals surface area (Å²) in [6.45, 7) is 2.88. The maximum atomic E-state index is 12.7. The van der Waals surface area contributed by atoms with Gasteiger partial charge >= 0.3 is 5.97 Å². The molecule has 0 fully saturated rings. The number of ether oxygens (including phenoxy) is 1. The SMILES string of the molecule is Cc1cccc(C(CC(=O)O)NC(=O)c2nn(C)c3c2COCC3)c1. The fraction of sp³-hybridized carbons (Fsp3) is 0.389. The van der Waals surface area contributed by atoms with Crippen molar-refractivity contribution in [2.75, 3.05) is 6.61 Å². The molecule has 0 saturated carbocycles. The Kier molecular flexibility index (Phi) is 4.85. The van der Waals surface area contributed by atoms with Crippen LogP contribution < -0.4 is 5.32 Å². The second-order valence-corrected chi connectivity index (χ2v) is 6.24. The van der Waals surface area contributed by atoms with E-state index in [1.807, 2.05) is 31.2 Å². The van der Waals surface area contributed by atoms with Gasteiger partial charge in [-0.2, -0.15) is 5.10 Å². The lowest BCUT2D eigenvalue weighted by Crippen LogP contribution is -2.31. The maximum Gasteiger partial charge on any atom is 0.305 e. The minimum atomic E-state index is -0.974. The number of carbonyl (C=O) groups excluding carboxylic acids is 1. The van der Waals surface area contributed by atoms with E-state index in [1.165, 1.54) is 0 Å². The van der Waals surface area contributed by atoms with Crippen LogP contribution in [0.1, 0.15) is 45.3 Å². The van der Waals surface area contributed by atoms with Crippen molar-refractivity contribution in [2.45, 2.75) is 32.4 Å². The van der Waals surface area contributed by atoms with Gasteiger partial charge in [0.1, 0.15) is 0 Å². The Morgan fingerprint density at radius 2 is 2.24 bits per heavy atom. The van der Waals surface area contributed by atoms with Gasteiger partial charge in [-0.1, -0.05) is 29.8 Å². The quantitative estimate of drug-likeness (QED) is 0.863. The number of aliphatic carboxylic acids is 1. The number of nitrogens with one attached hydrogen (secondary N) is 1. The average molecular weight is 343 g/mol. The highest BCUT2D eigenvalue weighted by Gasteiger charge is 2.27. The normalized spacial score (nSPS) is 14.6. The van der Waals surface area contributed by atoms with Crippen LogP contribution in [0.15, 0.2) is 24.3 Å². The predicted molar refractivity (Wildman–Crippen MR) is 90.2 cm³/mol. The molecule has 3 rings (SSSR count). The number of fused-ring (bicyclic) bond motifs is 1. The number of carboxylic acid groups (broad SMARTS) is 1. The van der Waals surface area contributed by atoms with Gasteiger partial charge in [0.2, 0.25) is 0 Å². The smallest absolute Gasteiger partial charge is 0.305 e. The number of amides is 1. The topological polar surface area (TPSA) is 93.5 Å². The second-order valence-electron chi connectivity index (χ2n) is 6.24. The second kappa shape index (κ2) is 7.06. The monoisotopic (exact) mass is 343 g/mol. The van der Waals surface area contributed by atoms with Crippen LogP contribution in [0.5, 0.6) is 0 Å². The number of nitrogens with zero attached hydrogens (tertiary/aromatic N) is 2. The Hall–Kier alpha value is -2.67. The molecule has 0 aliphatic carbocycles. The van der Waals surface area contributed by atoms with Gasteiger partial charge < -0.3 is 15.2 Å². The molecule has 1 unspecified atom stereocenters. The van der Waals surface area contributed by atoms with Crippen LogP contribution in [0.3, 0.4) is 0 Å². The fourth-order valence-electron chi connectivity index (χ4n) is 3.13. The summed E-state index contributed by atoms with van der Waals surface area (Å²) in [7, 11) is 1.80. The molecule has 1 aliphatic rings. The lowest BCUT2D eigenvalue weighted by Gasteiger charge is -2.18. The number of benzene rings is 1. The molecule has 1 atom stereocenters. The largest absolute Gasteiger partial charge is 0.481 e. The van der Waals surface area contributed by atoms with Gasteiger partial charge in [-0.05, 0) is 12.5 Å². The minimum absolute atomic E-state index is 0.194. The molecule has 2 heterocycles. The van der Waals surface area contributed by atoms with Gasteiger partial charge in [0, 0.05) is 24.7 Å². The molecular weight excluding hydrogens is 322 g/mol. The summed E-state index contributed by atoms with van der Waals surface area (Å²) in [4.78, 5) is 24.0. The summed E-state index contributed by atoms with van der Waals surface area (Å²) in [6, 6.07) is 6.85. The molecule has 2 aromatic rings. The van der Waals surface area contributed by atoms with Gasteiger partial charge in [0.15, 0.2) is 5.69 Å². The number of aromatic nitrogens is 2. The van der Waals surface area contributed by atoms with Crippen LogP contribution in [0.25, 0.3) is 0 Å². The third kappa shape index (κ3) is 3.71. The maximum absolute atomic E-state index is 12.7. The molecule has 25 heavy (non-hydrogen) atoms. The summed E-state index contributed by atoms with van der Waals surface area (Å²) in [5.74, 6) is -1.35. The molecule has 1 amide bonds. The molecule has 7 heteroatoms. The first kappa shape index (κ1) is 17.2. The first-order chi connectivity index (χ1) is 12.0. The van der Waals surface area contributed by atoms with Crippen LogP contribution in [-0.4, -0.2) is 33.4 Å². The average Bonchev–Trinajstić information content (AvgIpc) is 2.91. The van der Waals surface area contributed by atoms with E-state index in [9.17, 15) is 14.7 Å². The number of hydrogen-bond donors (Lipinski definition) is 2. The van der Waals surface area contributed by atoms with E-state index in [0.29, 0.717) is 25.3 Å². The molecule has 2 N–H and O–H groups in total. The number of hydrogen-bond acceptors (Lipinski definition) is 4. The Morgan fingerprint density at radius 1 is 1.44 bits per heavy atom. The third-order valence-corrected chi connectivity index (χ3v) is 4.35. The molecule has 0 bridgehead atoms. The van der Waals surface area contributed by atoms with E-state index in [4.69, 9.17) is 4.74 Å². The number of carboxylic acids is 1. The highest BCUT2D eigenvalue weighted by atomic mass is 16.5. The standard InChI is InChI=1S/C18H21N3O4/c1-11-4-3-5-12(8-11)14(9-16(22)23)19-18(24)17-13-10-25-7-6-15(13)21(2)20-17/h3-5,8,14H,6-7,9-10H2,1-2H3,(H,19,24)(H,22,23). The third-order valence-electron chi connectivity index (χ3n) is 4.35. The van der Waals surface area contributed by atoms with Crippen LogP contribution in [0.2, 0.25) is 0 Å². The van der Waals surface area contributed by atoms with Crippen LogP contribution >= 0.6 is 0 Å². The van der Waals surface area contributed by atoms with Gasteiger partial charge in [0.25, 0.3) is 5.91 Å². The van der Waals surface area contributed by atoms with Crippen molar-refractivity contribution in [1.29, 1.82) is 0 Å². The summed E-state index contributed by atoms with van der Waals surface area (Å²) >= 11 is 0. The van der Waals surface area contributed by atoms with Gasteiger partial charge in [0.05, 0.1) is 25.7 Å². The van der Waals surface area contributed by atoms with E-state index >= 15 is 0 Å². The van der Waals surface area contributed by atoms with E-state index in [0.717, 1.165) is 22.4 Å². The van der Waals surface area contributed by atoms with Gasteiger partial charge in [-0.3, -0.25) is 14.3 Å².